The molecule has 0 aromatic heterocycles. The summed E-state index contributed by atoms with van der Waals surface area (Å²) in [7, 11) is 0. The Hall–Kier alpha value is -2.48. The maximum absolute atomic E-state index is 13.2. The number of nitro groups is 1. The van der Waals surface area contributed by atoms with E-state index in [0.29, 0.717) is 37.2 Å². The molecule has 2 atom stereocenters. The number of hydrogen-bond acceptors (Lipinski definition) is 5. The highest BCUT2D eigenvalue weighted by Gasteiger charge is 2.41. The molecule has 28 heavy (non-hydrogen) atoms. The number of carbonyl (C=O) groups is 2. The first-order chi connectivity index (χ1) is 13.1. The van der Waals surface area contributed by atoms with Crippen LogP contribution in [0.3, 0.4) is 0 Å². The van der Waals surface area contributed by atoms with E-state index in [1.54, 1.807) is 11.8 Å². The van der Waals surface area contributed by atoms with Crippen LogP contribution in [-0.4, -0.2) is 58.3 Å². The lowest BCUT2D eigenvalue weighted by Crippen LogP contribution is -2.57. The standard InChI is InChI=1S/C20H28N4O4/c1-13-11-14(6-7-15(13)24(27)28)18(25)23-9-4-5-16(23)19(26)22-10-8-17(21)20(2,3)12-22/h6-7,11,16-17H,4-5,8-10,12,21H2,1-3H3. The van der Waals surface area contributed by atoms with Crippen LogP contribution in [-0.2, 0) is 4.79 Å². The van der Waals surface area contributed by atoms with Crippen LogP contribution in [0.25, 0.3) is 0 Å². The van der Waals surface area contributed by atoms with Gasteiger partial charge in [0.1, 0.15) is 6.04 Å². The van der Waals surface area contributed by atoms with Crippen molar-refractivity contribution in [1.82, 2.24) is 9.80 Å². The summed E-state index contributed by atoms with van der Waals surface area (Å²) >= 11 is 0. The van der Waals surface area contributed by atoms with Crippen molar-refractivity contribution in [2.75, 3.05) is 19.6 Å². The van der Waals surface area contributed by atoms with Crippen molar-refractivity contribution in [3.05, 3.63) is 39.4 Å². The SMILES string of the molecule is Cc1cc(C(=O)N2CCCC2C(=O)N2CCC(N)C(C)(C)C2)ccc1[N+](=O)[O-]. The molecule has 3 rings (SSSR count). The predicted octanol–water partition coefficient (Wildman–Crippen LogP) is 2.09. The zero-order chi connectivity index (χ0) is 20.6. The third-order valence-corrected chi connectivity index (χ3v) is 6.06. The highest BCUT2D eigenvalue weighted by atomic mass is 16.6. The molecule has 152 valence electrons. The van der Waals surface area contributed by atoms with Crippen LogP contribution in [0.2, 0.25) is 0 Å². The molecule has 2 N–H and O–H groups in total. The van der Waals surface area contributed by atoms with Crippen LogP contribution in [0.5, 0.6) is 0 Å². The lowest BCUT2D eigenvalue weighted by molar-refractivity contribution is -0.385. The summed E-state index contributed by atoms with van der Waals surface area (Å²) in [4.78, 5) is 40.2. The van der Waals surface area contributed by atoms with E-state index in [1.807, 2.05) is 4.90 Å². The fraction of sp³-hybridized carbons (Fsp3) is 0.600. The molecule has 0 saturated carbocycles. The van der Waals surface area contributed by atoms with Gasteiger partial charge < -0.3 is 15.5 Å². The quantitative estimate of drug-likeness (QED) is 0.630. The van der Waals surface area contributed by atoms with E-state index in [1.165, 1.54) is 18.2 Å². The summed E-state index contributed by atoms with van der Waals surface area (Å²) in [6.45, 7) is 7.45. The van der Waals surface area contributed by atoms with Crippen molar-refractivity contribution in [2.45, 2.75) is 52.1 Å². The molecule has 0 aliphatic carbocycles. The minimum Gasteiger partial charge on any atom is -0.340 e. The summed E-state index contributed by atoms with van der Waals surface area (Å²) in [5.74, 6) is -0.272. The topological polar surface area (TPSA) is 110 Å². The zero-order valence-corrected chi connectivity index (χ0v) is 16.7. The van der Waals surface area contributed by atoms with Gasteiger partial charge in [-0.3, -0.25) is 19.7 Å². The van der Waals surface area contributed by atoms with Gasteiger partial charge in [0.05, 0.1) is 4.92 Å². The molecule has 2 unspecified atom stereocenters. The Morgan fingerprint density at radius 3 is 2.57 bits per heavy atom. The third kappa shape index (κ3) is 3.73. The van der Waals surface area contributed by atoms with Gasteiger partial charge in [0.15, 0.2) is 0 Å². The van der Waals surface area contributed by atoms with Crippen molar-refractivity contribution in [1.29, 1.82) is 0 Å². The first-order valence-corrected chi connectivity index (χ1v) is 9.72. The second-order valence-electron chi connectivity index (χ2n) is 8.56. The van der Waals surface area contributed by atoms with Crippen molar-refractivity contribution < 1.29 is 14.5 Å². The van der Waals surface area contributed by atoms with Crippen molar-refractivity contribution in [3.8, 4) is 0 Å². The largest absolute Gasteiger partial charge is 0.340 e. The van der Waals surface area contributed by atoms with Crippen molar-refractivity contribution in [2.24, 2.45) is 11.1 Å². The molecule has 2 saturated heterocycles. The number of nitrogens with zero attached hydrogens (tertiary/aromatic N) is 3. The lowest BCUT2D eigenvalue weighted by atomic mass is 9.79. The molecular weight excluding hydrogens is 360 g/mol. The monoisotopic (exact) mass is 388 g/mol. The van der Waals surface area contributed by atoms with Gasteiger partial charge in [0.2, 0.25) is 5.91 Å². The number of piperidine rings is 1. The summed E-state index contributed by atoms with van der Waals surface area (Å²) in [5.41, 5.74) is 6.82. The number of likely N-dealkylation sites (tertiary alicyclic amines) is 2. The Labute approximate surface area is 164 Å². The summed E-state index contributed by atoms with van der Waals surface area (Å²) < 4.78 is 0. The molecule has 8 heteroatoms. The van der Waals surface area contributed by atoms with E-state index in [4.69, 9.17) is 5.73 Å². The van der Waals surface area contributed by atoms with Gasteiger partial charge in [-0.1, -0.05) is 13.8 Å². The number of amides is 2. The van der Waals surface area contributed by atoms with E-state index < -0.39 is 11.0 Å². The van der Waals surface area contributed by atoms with E-state index in [2.05, 4.69) is 13.8 Å². The van der Waals surface area contributed by atoms with Gasteiger partial charge in [0.25, 0.3) is 11.6 Å². The molecular formula is C20H28N4O4. The highest BCUT2D eigenvalue weighted by Crippen LogP contribution is 2.30. The molecule has 2 aliphatic heterocycles. The number of nitro benzene ring substituents is 1. The molecule has 0 bridgehead atoms. The third-order valence-electron chi connectivity index (χ3n) is 6.06. The van der Waals surface area contributed by atoms with Crippen LogP contribution in [0.1, 0.15) is 49.0 Å². The van der Waals surface area contributed by atoms with Gasteiger partial charge >= 0.3 is 0 Å². The Bertz CT molecular complexity index is 807. The molecule has 8 nitrogen and oxygen atoms in total. The molecule has 2 amide bonds. The molecule has 1 aromatic carbocycles. The van der Waals surface area contributed by atoms with Crippen LogP contribution >= 0.6 is 0 Å². The van der Waals surface area contributed by atoms with Gasteiger partial charge in [-0.2, -0.15) is 0 Å². The van der Waals surface area contributed by atoms with Crippen LogP contribution in [0, 0.1) is 22.5 Å². The molecule has 1 aromatic rings. The Morgan fingerprint density at radius 2 is 1.96 bits per heavy atom. The number of rotatable bonds is 3. The Morgan fingerprint density at radius 1 is 1.25 bits per heavy atom. The molecule has 0 spiro atoms. The second-order valence-corrected chi connectivity index (χ2v) is 8.56. The summed E-state index contributed by atoms with van der Waals surface area (Å²) in [6, 6.07) is 3.93. The maximum Gasteiger partial charge on any atom is 0.272 e. The predicted molar refractivity (Wildman–Crippen MR) is 105 cm³/mol. The average molecular weight is 388 g/mol. The molecule has 2 aliphatic rings. The summed E-state index contributed by atoms with van der Waals surface area (Å²) in [6.07, 6.45) is 2.16. The van der Waals surface area contributed by atoms with E-state index in [-0.39, 0.29) is 29.0 Å². The van der Waals surface area contributed by atoms with Gasteiger partial charge in [-0.25, -0.2) is 0 Å². The fourth-order valence-electron chi connectivity index (χ4n) is 4.20. The Kier molecular flexibility index (Phi) is 5.43. The number of benzene rings is 1. The normalized spacial score (nSPS) is 24.3. The number of hydrogen-bond donors (Lipinski definition) is 1. The van der Waals surface area contributed by atoms with Crippen LogP contribution in [0.4, 0.5) is 5.69 Å². The van der Waals surface area contributed by atoms with Gasteiger partial charge in [-0.15, -0.1) is 0 Å². The minimum absolute atomic E-state index is 0.0162. The van der Waals surface area contributed by atoms with E-state index >= 15 is 0 Å². The lowest BCUT2D eigenvalue weighted by Gasteiger charge is -2.44. The van der Waals surface area contributed by atoms with Gasteiger partial charge in [0, 0.05) is 42.9 Å². The Balaban J connectivity index is 1.77. The highest BCUT2D eigenvalue weighted by molar-refractivity contribution is 5.98. The molecule has 2 heterocycles. The van der Waals surface area contributed by atoms with Gasteiger partial charge in [-0.05, 0) is 43.7 Å². The zero-order valence-electron chi connectivity index (χ0n) is 16.7. The van der Waals surface area contributed by atoms with E-state index in [9.17, 15) is 19.7 Å². The van der Waals surface area contributed by atoms with Crippen molar-refractivity contribution in [3.63, 3.8) is 0 Å². The van der Waals surface area contributed by atoms with E-state index in [0.717, 1.165) is 12.8 Å². The van der Waals surface area contributed by atoms with Crippen molar-refractivity contribution >= 4 is 17.5 Å². The number of nitrogens with two attached hydrogens (primary N) is 1. The first kappa shape index (κ1) is 20.3. The average Bonchev–Trinajstić information content (AvgIpc) is 3.12. The molecule has 2 fully saturated rings. The number of aryl methyl sites for hydroxylation is 1. The number of carbonyl (C=O) groups excluding carboxylic acids is 2. The fourth-order valence-corrected chi connectivity index (χ4v) is 4.20. The minimum atomic E-state index is -0.479. The van der Waals surface area contributed by atoms with Crippen LogP contribution in [0.15, 0.2) is 18.2 Å². The van der Waals surface area contributed by atoms with Crippen LogP contribution < -0.4 is 5.73 Å². The molecule has 0 radical (unpaired) electrons. The first-order valence-electron chi connectivity index (χ1n) is 9.72. The smallest absolute Gasteiger partial charge is 0.272 e. The summed E-state index contributed by atoms with van der Waals surface area (Å²) in [5, 5.41) is 11.0. The second kappa shape index (κ2) is 7.50. The maximum atomic E-state index is 13.2.